The Bertz CT molecular complexity index is 582. The number of hydrogen-bond donors (Lipinski definition) is 1. The first-order valence-electron chi connectivity index (χ1n) is 6.94. The van der Waals surface area contributed by atoms with Gasteiger partial charge in [0.15, 0.2) is 0 Å². The minimum Gasteiger partial charge on any atom is -0.383 e. The van der Waals surface area contributed by atoms with E-state index >= 15 is 0 Å². The van der Waals surface area contributed by atoms with Crippen molar-refractivity contribution in [2.45, 2.75) is 47.1 Å². The maximum atomic E-state index is 6.27. The molecule has 3 heteroatoms. The molecule has 2 aromatic rings. The van der Waals surface area contributed by atoms with E-state index in [0.29, 0.717) is 0 Å². The second-order valence-electron chi connectivity index (χ2n) is 5.20. The molecule has 0 saturated carbocycles. The number of nitrogen functional groups attached to an aromatic ring is 1. The van der Waals surface area contributed by atoms with Gasteiger partial charge >= 0.3 is 0 Å². The molecule has 2 rings (SSSR count). The highest BCUT2D eigenvalue weighted by Crippen LogP contribution is 2.28. The van der Waals surface area contributed by atoms with Crippen molar-refractivity contribution in [3.8, 4) is 11.3 Å². The molecule has 0 bridgehead atoms. The van der Waals surface area contributed by atoms with Gasteiger partial charge in [-0.2, -0.15) is 0 Å². The number of aromatic nitrogens is 2. The average Bonchev–Trinajstić information content (AvgIpc) is 2.66. The molecule has 102 valence electrons. The number of rotatable bonds is 4. The Hall–Kier alpha value is -1.77. The quantitative estimate of drug-likeness (QED) is 0.904. The molecule has 3 nitrogen and oxygen atoms in total. The molecule has 1 heterocycles. The first-order valence-corrected chi connectivity index (χ1v) is 6.94. The van der Waals surface area contributed by atoms with E-state index in [1.54, 1.807) is 0 Å². The van der Waals surface area contributed by atoms with Crippen molar-refractivity contribution in [2.75, 3.05) is 5.73 Å². The molecule has 0 saturated heterocycles. The van der Waals surface area contributed by atoms with Crippen molar-refractivity contribution >= 4 is 5.82 Å². The van der Waals surface area contributed by atoms with Gasteiger partial charge in [0.1, 0.15) is 17.3 Å². The highest BCUT2D eigenvalue weighted by atomic mass is 15.1. The zero-order valence-electron chi connectivity index (χ0n) is 12.3. The lowest BCUT2D eigenvalue weighted by molar-refractivity contribution is 0.622. The summed E-state index contributed by atoms with van der Waals surface area (Å²) in [4.78, 5) is 4.64. The third-order valence-electron chi connectivity index (χ3n) is 3.71. The van der Waals surface area contributed by atoms with Crippen LogP contribution in [-0.4, -0.2) is 9.55 Å². The van der Waals surface area contributed by atoms with Crippen molar-refractivity contribution in [3.05, 3.63) is 35.2 Å². The van der Waals surface area contributed by atoms with Crippen LogP contribution in [0.4, 0.5) is 5.82 Å². The van der Waals surface area contributed by atoms with E-state index in [1.165, 1.54) is 11.1 Å². The van der Waals surface area contributed by atoms with E-state index in [0.717, 1.165) is 42.3 Å². The number of anilines is 1. The predicted molar refractivity (Wildman–Crippen MR) is 81.2 cm³/mol. The maximum absolute atomic E-state index is 6.27. The fraction of sp³-hybridized carbons (Fsp3) is 0.438. The van der Waals surface area contributed by atoms with Crippen LogP contribution in [0.3, 0.4) is 0 Å². The third-order valence-corrected chi connectivity index (χ3v) is 3.71. The van der Waals surface area contributed by atoms with E-state index in [-0.39, 0.29) is 0 Å². The Labute approximate surface area is 115 Å². The summed E-state index contributed by atoms with van der Waals surface area (Å²) in [6.45, 7) is 9.40. The summed E-state index contributed by atoms with van der Waals surface area (Å²) in [5.74, 6) is 1.79. The van der Waals surface area contributed by atoms with Crippen molar-refractivity contribution in [1.82, 2.24) is 9.55 Å². The predicted octanol–water partition coefficient (Wildman–Crippen LogP) is 3.86. The minimum atomic E-state index is 0.786. The normalized spacial score (nSPS) is 10.9. The van der Waals surface area contributed by atoms with E-state index < -0.39 is 0 Å². The summed E-state index contributed by atoms with van der Waals surface area (Å²) in [7, 11) is 0. The second-order valence-corrected chi connectivity index (χ2v) is 5.20. The van der Waals surface area contributed by atoms with Crippen molar-refractivity contribution in [3.63, 3.8) is 0 Å². The van der Waals surface area contributed by atoms with Crippen LogP contribution in [0.2, 0.25) is 0 Å². The van der Waals surface area contributed by atoms with Gasteiger partial charge in [0.25, 0.3) is 0 Å². The first-order chi connectivity index (χ1) is 9.04. The van der Waals surface area contributed by atoms with Crippen LogP contribution in [0.5, 0.6) is 0 Å². The Kier molecular flexibility index (Phi) is 3.93. The van der Waals surface area contributed by atoms with Crippen LogP contribution < -0.4 is 5.73 Å². The van der Waals surface area contributed by atoms with Crippen LogP contribution in [0.25, 0.3) is 11.3 Å². The van der Waals surface area contributed by atoms with Crippen LogP contribution >= 0.6 is 0 Å². The summed E-state index contributed by atoms with van der Waals surface area (Å²) < 4.78 is 2.12. The van der Waals surface area contributed by atoms with Gasteiger partial charge in [-0.15, -0.1) is 0 Å². The number of aryl methyl sites for hydroxylation is 3. The van der Waals surface area contributed by atoms with Gasteiger partial charge in [-0.25, -0.2) is 4.98 Å². The summed E-state index contributed by atoms with van der Waals surface area (Å²) in [6, 6.07) is 6.40. The highest BCUT2D eigenvalue weighted by Gasteiger charge is 2.13. The second kappa shape index (κ2) is 5.47. The summed E-state index contributed by atoms with van der Waals surface area (Å²) >= 11 is 0. The van der Waals surface area contributed by atoms with Gasteiger partial charge in [-0.3, -0.25) is 0 Å². The SMILES string of the molecule is CCCCn1c(C)nc(-c2ccc(C)c(C)c2)c1N. The van der Waals surface area contributed by atoms with E-state index in [2.05, 4.69) is 48.5 Å². The summed E-state index contributed by atoms with van der Waals surface area (Å²) in [5, 5.41) is 0. The van der Waals surface area contributed by atoms with Crippen LogP contribution in [0, 0.1) is 20.8 Å². The van der Waals surface area contributed by atoms with E-state index in [9.17, 15) is 0 Å². The van der Waals surface area contributed by atoms with E-state index in [4.69, 9.17) is 5.73 Å². The molecule has 0 aliphatic rings. The van der Waals surface area contributed by atoms with Crippen molar-refractivity contribution in [1.29, 1.82) is 0 Å². The van der Waals surface area contributed by atoms with Crippen LogP contribution in [0.1, 0.15) is 36.7 Å². The molecule has 1 aromatic carbocycles. The zero-order valence-corrected chi connectivity index (χ0v) is 12.3. The topological polar surface area (TPSA) is 43.8 Å². The largest absolute Gasteiger partial charge is 0.383 e. The molecule has 0 aliphatic carbocycles. The number of hydrogen-bond acceptors (Lipinski definition) is 2. The van der Waals surface area contributed by atoms with E-state index in [1.807, 2.05) is 6.92 Å². The molecule has 0 aliphatic heterocycles. The Balaban J connectivity index is 2.42. The number of unbranched alkanes of at least 4 members (excludes halogenated alkanes) is 1. The highest BCUT2D eigenvalue weighted by molar-refractivity contribution is 5.71. The molecule has 0 unspecified atom stereocenters. The Morgan fingerprint density at radius 1 is 1.16 bits per heavy atom. The molecule has 0 atom stereocenters. The first kappa shape index (κ1) is 13.7. The molecule has 0 fully saturated rings. The van der Waals surface area contributed by atoms with Gasteiger partial charge in [-0.1, -0.05) is 25.5 Å². The smallest absolute Gasteiger partial charge is 0.131 e. The van der Waals surface area contributed by atoms with Crippen LogP contribution in [-0.2, 0) is 6.54 Å². The van der Waals surface area contributed by atoms with Crippen molar-refractivity contribution < 1.29 is 0 Å². The van der Waals surface area contributed by atoms with Crippen molar-refractivity contribution in [2.24, 2.45) is 0 Å². The molecule has 0 spiro atoms. The lowest BCUT2D eigenvalue weighted by Crippen LogP contribution is -2.04. The Morgan fingerprint density at radius 3 is 2.53 bits per heavy atom. The standard InChI is InChI=1S/C16H23N3/c1-5-6-9-19-13(4)18-15(16(19)17)14-8-7-11(2)12(3)10-14/h7-8,10H,5-6,9,17H2,1-4H3. The summed E-state index contributed by atoms with van der Waals surface area (Å²) in [5.41, 5.74) is 10.9. The molecule has 2 N–H and O–H groups in total. The lowest BCUT2D eigenvalue weighted by Gasteiger charge is -2.07. The third kappa shape index (κ3) is 2.65. The number of benzene rings is 1. The molecule has 0 radical (unpaired) electrons. The van der Waals surface area contributed by atoms with Gasteiger partial charge in [0.2, 0.25) is 0 Å². The fourth-order valence-electron chi connectivity index (χ4n) is 2.28. The maximum Gasteiger partial charge on any atom is 0.131 e. The number of nitrogens with two attached hydrogens (primary N) is 1. The lowest BCUT2D eigenvalue weighted by atomic mass is 10.0. The Morgan fingerprint density at radius 2 is 1.89 bits per heavy atom. The van der Waals surface area contributed by atoms with Gasteiger partial charge in [0.05, 0.1) is 0 Å². The number of nitrogens with zero attached hydrogens (tertiary/aromatic N) is 2. The van der Waals surface area contributed by atoms with Gasteiger partial charge in [0, 0.05) is 12.1 Å². The number of imidazole rings is 1. The molecule has 19 heavy (non-hydrogen) atoms. The average molecular weight is 257 g/mol. The fourth-order valence-corrected chi connectivity index (χ4v) is 2.28. The monoisotopic (exact) mass is 257 g/mol. The molecular weight excluding hydrogens is 234 g/mol. The minimum absolute atomic E-state index is 0.786. The zero-order chi connectivity index (χ0) is 14.0. The molecule has 0 amide bonds. The van der Waals surface area contributed by atoms with Gasteiger partial charge in [-0.05, 0) is 44.4 Å². The van der Waals surface area contributed by atoms with Gasteiger partial charge < -0.3 is 10.3 Å². The molecular formula is C16H23N3. The molecule has 1 aromatic heterocycles. The van der Waals surface area contributed by atoms with Crippen LogP contribution in [0.15, 0.2) is 18.2 Å². The summed E-state index contributed by atoms with van der Waals surface area (Å²) in [6.07, 6.45) is 2.30.